The van der Waals surface area contributed by atoms with Crippen LogP contribution in [-0.2, 0) is 4.74 Å². The number of nitrogen functional groups attached to an aromatic ring is 2. The first-order chi connectivity index (χ1) is 11.6. The molecule has 2 aromatic heterocycles. The zero-order chi connectivity index (χ0) is 18.7. The number of aromatic nitrogens is 3. The van der Waals surface area contributed by atoms with Crippen molar-refractivity contribution in [3.63, 3.8) is 0 Å². The smallest absolute Gasteiger partial charge is 0.285 e. The Balaban J connectivity index is 2.26. The number of terminal acetylenes is 1. The van der Waals surface area contributed by atoms with Gasteiger partial charge in [-0.05, 0) is 6.92 Å². The molecule has 5 atom stereocenters. The molecular weight excluding hydrogens is 337 g/mol. The van der Waals surface area contributed by atoms with Crippen LogP contribution in [0.15, 0.2) is 11.0 Å². The van der Waals surface area contributed by atoms with E-state index in [4.69, 9.17) is 22.7 Å². The van der Waals surface area contributed by atoms with Crippen LogP contribution in [0.3, 0.4) is 0 Å². The van der Waals surface area contributed by atoms with Gasteiger partial charge in [0.1, 0.15) is 17.6 Å². The lowest BCUT2D eigenvalue weighted by Gasteiger charge is -2.26. The van der Waals surface area contributed by atoms with Gasteiger partial charge in [0.2, 0.25) is 5.95 Å². The van der Waals surface area contributed by atoms with Gasteiger partial charge in [0.25, 0.3) is 5.56 Å². The van der Waals surface area contributed by atoms with E-state index in [1.165, 1.54) is 6.92 Å². The number of fused-ring (bicyclic) bond motifs is 1. The highest BCUT2D eigenvalue weighted by atomic mass is 19.1. The maximum Gasteiger partial charge on any atom is 0.285 e. The molecule has 134 valence electrons. The Morgan fingerprint density at radius 1 is 1.60 bits per heavy atom. The zero-order valence-electron chi connectivity index (χ0n) is 13.0. The number of halogens is 1. The van der Waals surface area contributed by atoms with Crippen molar-refractivity contribution < 1.29 is 24.4 Å². The van der Waals surface area contributed by atoms with E-state index >= 15 is 0 Å². The quantitative estimate of drug-likeness (QED) is 0.296. The number of hydrogen-bond acceptors (Lipinski definition) is 8. The lowest BCUT2D eigenvalue weighted by molar-refractivity contribution is -0.0846. The minimum atomic E-state index is -2.31. The van der Waals surface area contributed by atoms with E-state index in [1.807, 2.05) is 5.92 Å². The molecule has 1 fully saturated rings. The van der Waals surface area contributed by atoms with Crippen molar-refractivity contribution in [3.05, 3.63) is 22.4 Å². The van der Waals surface area contributed by atoms with Crippen LogP contribution in [0, 0.1) is 18.2 Å². The van der Waals surface area contributed by atoms with E-state index < -0.39 is 52.9 Å². The van der Waals surface area contributed by atoms with Crippen molar-refractivity contribution >= 4 is 17.0 Å². The molecule has 0 radical (unpaired) electrons. The minimum absolute atomic E-state index is 0.279. The number of aliphatic hydroxyl groups is 3. The van der Waals surface area contributed by atoms with Crippen LogP contribution < -0.4 is 17.1 Å². The fraction of sp³-hybridized carbons (Fsp3) is 0.429. The van der Waals surface area contributed by atoms with Gasteiger partial charge in [-0.2, -0.15) is 9.66 Å². The van der Waals surface area contributed by atoms with Crippen molar-refractivity contribution in [2.75, 3.05) is 11.6 Å². The van der Waals surface area contributed by atoms with Crippen LogP contribution >= 0.6 is 0 Å². The number of rotatable bonds is 2. The zero-order valence-corrected chi connectivity index (χ0v) is 13.0. The highest BCUT2D eigenvalue weighted by molar-refractivity contribution is 5.77. The molecule has 3 heterocycles. The van der Waals surface area contributed by atoms with Crippen molar-refractivity contribution in [1.82, 2.24) is 14.2 Å². The van der Waals surface area contributed by atoms with Gasteiger partial charge in [0, 0.05) is 6.20 Å². The van der Waals surface area contributed by atoms with Crippen LogP contribution in [-0.4, -0.2) is 53.5 Å². The second-order valence-corrected chi connectivity index (χ2v) is 5.84. The van der Waals surface area contributed by atoms with Gasteiger partial charge in [-0.1, -0.05) is 5.92 Å². The second-order valence-electron chi connectivity index (χ2n) is 5.84. The molecule has 2 aromatic rings. The van der Waals surface area contributed by atoms with Crippen molar-refractivity contribution in [2.45, 2.75) is 37.1 Å². The number of aliphatic hydroxyl groups excluding tert-OH is 2. The van der Waals surface area contributed by atoms with Crippen LogP contribution in [0.4, 0.5) is 10.3 Å². The summed E-state index contributed by atoms with van der Waals surface area (Å²) in [7, 11) is 0. The Labute approximate surface area is 140 Å². The summed E-state index contributed by atoms with van der Waals surface area (Å²) in [6.07, 6.45) is 0.506. The molecule has 1 unspecified atom stereocenters. The number of anilines is 1. The number of nitrogens with two attached hydrogens (primary N) is 2. The molecule has 10 nitrogen and oxygen atoms in total. The summed E-state index contributed by atoms with van der Waals surface area (Å²) in [6, 6.07) is 0. The molecule has 25 heavy (non-hydrogen) atoms. The van der Waals surface area contributed by atoms with Gasteiger partial charge in [-0.3, -0.25) is 9.36 Å². The predicted octanol–water partition coefficient (Wildman–Crippen LogP) is -2.36. The fourth-order valence-electron chi connectivity index (χ4n) is 2.90. The fourth-order valence-corrected chi connectivity index (χ4v) is 2.90. The van der Waals surface area contributed by atoms with Crippen LogP contribution in [0.1, 0.15) is 13.2 Å². The van der Waals surface area contributed by atoms with Gasteiger partial charge in [0.15, 0.2) is 23.3 Å². The molecule has 0 bridgehead atoms. The third-order valence-corrected chi connectivity index (χ3v) is 4.24. The molecule has 0 spiro atoms. The summed E-state index contributed by atoms with van der Waals surface area (Å²) < 4.78 is 21.1. The monoisotopic (exact) mass is 353 g/mol. The summed E-state index contributed by atoms with van der Waals surface area (Å²) >= 11 is 0. The van der Waals surface area contributed by atoms with E-state index in [9.17, 15) is 24.5 Å². The van der Waals surface area contributed by atoms with E-state index in [2.05, 4.69) is 4.98 Å². The van der Waals surface area contributed by atoms with Crippen molar-refractivity contribution in [2.24, 2.45) is 0 Å². The molecular formula is C14H16FN5O5. The molecule has 11 heteroatoms. The molecule has 7 N–H and O–H groups in total. The minimum Gasteiger partial charge on any atom is -0.391 e. The summed E-state index contributed by atoms with van der Waals surface area (Å²) in [5, 5.41) is 30.1. The first-order valence-corrected chi connectivity index (χ1v) is 7.18. The second kappa shape index (κ2) is 5.43. The number of hydrogen-bond donors (Lipinski definition) is 5. The van der Waals surface area contributed by atoms with E-state index in [0.29, 0.717) is 4.68 Å². The molecule has 3 rings (SSSR count). The Hall–Kier alpha value is -2.65. The topological polar surface area (TPSA) is 162 Å². The van der Waals surface area contributed by atoms with E-state index in [0.717, 1.165) is 10.8 Å². The maximum atomic E-state index is 14.3. The normalized spacial score (nSPS) is 30.5. The van der Waals surface area contributed by atoms with Crippen molar-refractivity contribution in [3.8, 4) is 12.3 Å². The highest BCUT2D eigenvalue weighted by Crippen LogP contribution is 2.40. The third kappa shape index (κ3) is 2.19. The molecule has 0 aliphatic carbocycles. The van der Waals surface area contributed by atoms with Gasteiger partial charge >= 0.3 is 0 Å². The van der Waals surface area contributed by atoms with Gasteiger partial charge in [0.05, 0.1) is 6.10 Å². The van der Waals surface area contributed by atoms with Gasteiger partial charge in [-0.25, -0.2) is 4.39 Å². The largest absolute Gasteiger partial charge is 0.391 e. The molecule has 0 amide bonds. The maximum absolute atomic E-state index is 14.3. The van der Waals surface area contributed by atoms with Crippen LogP contribution in [0.5, 0.6) is 0 Å². The summed E-state index contributed by atoms with van der Waals surface area (Å²) in [5.74, 6) is 5.99. The third-order valence-electron chi connectivity index (χ3n) is 4.24. The molecule has 0 aromatic carbocycles. The van der Waals surface area contributed by atoms with E-state index in [1.54, 1.807) is 0 Å². The predicted molar refractivity (Wildman–Crippen MR) is 83.9 cm³/mol. The average Bonchev–Trinajstić information content (AvgIpc) is 3.01. The average molecular weight is 353 g/mol. The SMILES string of the molecule is C#C[C@@]1(O)C(O)[C@@H]([C@H](C)O)O[C@H]1n1cc(F)c2c(=O)n(N)c(N)nc21. The van der Waals surface area contributed by atoms with Gasteiger partial charge in [-0.15, -0.1) is 6.42 Å². The summed E-state index contributed by atoms with van der Waals surface area (Å²) in [6.45, 7) is 1.32. The Bertz CT molecular complexity index is 948. The molecule has 1 saturated heterocycles. The van der Waals surface area contributed by atoms with Gasteiger partial charge < -0.3 is 31.6 Å². The lowest BCUT2D eigenvalue weighted by atomic mass is 9.93. The first kappa shape index (κ1) is 17.2. The summed E-state index contributed by atoms with van der Waals surface area (Å²) in [5.41, 5.74) is 1.98. The van der Waals surface area contributed by atoms with Crippen LogP contribution in [0.25, 0.3) is 11.0 Å². The Morgan fingerprint density at radius 2 is 2.24 bits per heavy atom. The number of nitrogens with zero attached hydrogens (tertiary/aromatic N) is 3. The number of ether oxygens (including phenoxy) is 1. The Morgan fingerprint density at radius 3 is 2.80 bits per heavy atom. The highest BCUT2D eigenvalue weighted by Gasteiger charge is 2.57. The lowest BCUT2D eigenvalue weighted by Crippen LogP contribution is -2.47. The first-order valence-electron chi connectivity index (χ1n) is 7.18. The van der Waals surface area contributed by atoms with E-state index in [-0.39, 0.29) is 5.65 Å². The van der Waals surface area contributed by atoms with Crippen molar-refractivity contribution in [1.29, 1.82) is 0 Å². The molecule has 0 saturated carbocycles. The molecule has 1 aliphatic heterocycles. The van der Waals surface area contributed by atoms with Crippen LogP contribution in [0.2, 0.25) is 0 Å². The summed E-state index contributed by atoms with van der Waals surface area (Å²) in [4.78, 5) is 15.9. The standard InChI is InChI=1S/C14H16FN5O5/c1-3-14(24)9(22)8(5(2)21)25-12(14)19-4-6(15)7-10(19)18-13(16)20(17)11(7)23/h1,4-5,8-9,12,21-22,24H,17H2,2H3,(H2,16,18)/t5-,8+,9?,12+,14+/m0/s1. The Kier molecular flexibility index (Phi) is 3.73. The molecule has 1 aliphatic rings.